The van der Waals surface area contributed by atoms with E-state index in [1.54, 1.807) is 0 Å². The lowest BCUT2D eigenvalue weighted by Gasteiger charge is -2.05. The van der Waals surface area contributed by atoms with Gasteiger partial charge in [0.1, 0.15) is 0 Å². The first-order valence-electron chi connectivity index (χ1n) is 5.81. The van der Waals surface area contributed by atoms with E-state index in [-0.39, 0.29) is 0 Å². The van der Waals surface area contributed by atoms with E-state index in [2.05, 4.69) is 55.6 Å². The van der Waals surface area contributed by atoms with Gasteiger partial charge in [0.05, 0.1) is 0 Å². The first-order valence-corrected chi connectivity index (χ1v) is 7.51. The Balaban J connectivity index is 2.01. The third-order valence-corrected chi connectivity index (χ3v) is 5.14. The monoisotopic (exact) mass is 258 g/mol. The SMILES string of the molecule is CC(C)c1ccc(-c2cc3sccc3s2)cc1. The van der Waals surface area contributed by atoms with E-state index >= 15 is 0 Å². The average molecular weight is 258 g/mol. The van der Waals surface area contributed by atoms with Crippen LogP contribution in [0.15, 0.2) is 41.8 Å². The quantitative estimate of drug-likeness (QED) is 0.548. The number of benzene rings is 1. The van der Waals surface area contributed by atoms with Gasteiger partial charge in [-0.1, -0.05) is 38.1 Å². The van der Waals surface area contributed by atoms with Crippen LogP contribution in [0.25, 0.3) is 19.8 Å². The fourth-order valence-electron chi connectivity index (χ4n) is 1.94. The van der Waals surface area contributed by atoms with Crippen molar-refractivity contribution >= 4 is 32.1 Å². The first-order chi connectivity index (χ1) is 8.24. The molecule has 0 fully saturated rings. The van der Waals surface area contributed by atoms with E-state index in [1.165, 1.54) is 25.4 Å². The van der Waals surface area contributed by atoms with Crippen molar-refractivity contribution < 1.29 is 0 Å². The molecule has 0 unspecified atom stereocenters. The summed E-state index contributed by atoms with van der Waals surface area (Å²) in [5.41, 5.74) is 2.75. The van der Waals surface area contributed by atoms with E-state index < -0.39 is 0 Å². The Morgan fingerprint density at radius 1 is 0.941 bits per heavy atom. The molecule has 2 heteroatoms. The summed E-state index contributed by atoms with van der Waals surface area (Å²) in [6, 6.07) is 13.5. The predicted molar refractivity (Wildman–Crippen MR) is 79.2 cm³/mol. The minimum absolute atomic E-state index is 0.607. The van der Waals surface area contributed by atoms with Gasteiger partial charge in [-0.15, -0.1) is 22.7 Å². The fourth-order valence-corrected chi connectivity index (χ4v) is 4.05. The molecule has 0 N–H and O–H groups in total. The summed E-state index contributed by atoms with van der Waals surface area (Å²) >= 11 is 3.70. The Bertz CT molecular complexity index is 598. The molecule has 86 valence electrons. The van der Waals surface area contributed by atoms with Crippen molar-refractivity contribution in [2.45, 2.75) is 19.8 Å². The summed E-state index contributed by atoms with van der Waals surface area (Å²) in [6.45, 7) is 4.46. The summed E-state index contributed by atoms with van der Waals surface area (Å²) in [5, 5.41) is 2.16. The van der Waals surface area contributed by atoms with Gasteiger partial charge in [-0.25, -0.2) is 0 Å². The van der Waals surface area contributed by atoms with Crippen LogP contribution in [-0.2, 0) is 0 Å². The van der Waals surface area contributed by atoms with Crippen LogP contribution in [0.4, 0.5) is 0 Å². The molecule has 0 amide bonds. The van der Waals surface area contributed by atoms with Crippen LogP contribution in [0, 0.1) is 0 Å². The van der Waals surface area contributed by atoms with E-state index in [4.69, 9.17) is 0 Å². The third-order valence-electron chi connectivity index (χ3n) is 3.00. The molecule has 1 aromatic carbocycles. The van der Waals surface area contributed by atoms with Crippen LogP contribution in [0.5, 0.6) is 0 Å². The second-order valence-corrected chi connectivity index (χ2v) is 6.57. The first kappa shape index (κ1) is 11.0. The van der Waals surface area contributed by atoms with Crippen LogP contribution in [0.2, 0.25) is 0 Å². The molecule has 0 bridgehead atoms. The molecular formula is C15H14S2. The molecule has 0 atom stereocenters. The van der Waals surface area contributed by atoms with Crippen molar-refractivity contribution in [1.82, 2.24) is 0 Å². The number of hydrogen-bond acceptors (Lipinski definition) is 2. The average Bonchev–Trinajstić information content (AvgIpc) is 2.89. The van der Waals surface area contributed by atoms with Gasteiger partial charge in [-0.3, -0.25) is 0 Å². The van der Waals surface area contributed by atoms with Crippen molar-refractivity contribution in [2.75, 3.05) is 0 Å². The maximum Gasteiger partial charge on any atom is 0.0457 e. The Kier molecular flexibility index (Phi) is 2.77. The molecule has 17 heavy (non-hydrogen) atoms. The Labute approximate surface area is 110 Å². The molecule has 0 nitrogen and oxygen atoms in total. The zero-order chi connectivity index (χ0) is 11.8. The number of fused-ring (bicyclic) bond motifs is 1. The second kappa shape index (κ2) is 4.28. The zero-order valence-corrected chi connectivity index (χ0v) is 11.6. The summed E-state index contributed by atoms with van der Waals surface area (Å²) in [7, 11) is 0. The molecule has 3 rings (SSSR count). The summed E-state index contributed by atoms with van der Waals surface area (Å²) in [4.78, 5) is 1.38. The molecule has 2 aromatic heterocycles. The van der Waals surface area contributed by atoms with Crippen LogP contribution in [0.1, 0.15) is 25.3 Å². The number of rotatable bonds is 2. The highest BCUT2D eigenvalue weighted by Gasteiger charge is 2.05. The highest BCUT2D eigenvalue weighted by atomic mass is 32.1. The standard InChI is InChI=1S/C15H14S2/c1-10(2)11-3-5-12(6-4-11)14-9-15-13(17-14)7-8-16-15/h3-10H,1-2H3. The molecule has 0 aliphatic rings. The lowest BCUT2D eigenvalue weighted by Crippen LogP contribution is -1.85. The topological polar surface area (TPSA) is 0 Å². The lowest BCUT2D eigenvalue weighted by molar-refractivity contribution is 0.867. The zero-order valence-electron chi connectivity index (χ0n) is 9.94. The molecule has 0 aliphatic heterocycles. The van der Waals surface area contributed by atoms with E-state index in [9.17, 15) is 0 Å². The van der Waals surface area contributed by atoms with Crippen LogP contribution < -0.4 is 0 Å². The molecule has 0 saturated heterocycles. The van der Waals surface area contributed by atoms with Gasteiger partial charge < -0.3 is 0 Å². The van der Waals surface area contributed by atoms with Gasteiger partial charge in [0, 0.05) is 14.3 Å². The third kappa shape index (κ3) is 2.03. The normalized spacial score (nSPS) is 11.5. The fraction of sp³-hybridized carbons (Fsp3) is 0.200. The highest BCUT2D eigenvalue weighted by molar-refractivity contribution is 7.28. The largest absolute Gasteiger partial charge is 0.143 e. The highest BCUT2D eigenvalue weighted by Crippen LogP contribution is 2.36. The van der Waals surface area contributed by atoms with Crippen molar-refractivity contribution in [3.63, 3.8) is 0 Å². The minimum atomic E-state index is 0.607. The summed E-state index contributed by atoms with van der Waals surface area (Å²) in [5.74, 6) is 0.607. The maximum atomic E-state index is 2.30. The van der Waals surface area contributed by atoms with Gasteiger partial charge in [-0.2, -0.15) is 0 Å². The van der Waals surface area contributed by atoms with Gasteiger partial charge >= 0.3 is 0 Å². The van der Waals surface area contributed by atoms with Gasteiger partial charge in [0.25, 0.3) is 0 Å². The van der Waals surface area contributed by atoms with E-state index in [0.717, 1.165) is 0 Å². The minimum Gasteiger partial charge on any atom is -0.143 e. The van der Waals surface area contributed by atoms with Gasteiger partial charge in [-0.05, 0) is 34.6 Å². The van der Waals surface area contributed by atoms with Crippen molar-refractivity contribution in [3.05, 3.63) is 47.3 Å². The van der Waals surface area contributed by atoms with E-state index in [0.29, 0.717) is 5.92 Å². The molecule has 0 saturated carbocycles. The Morgan fingerprint density at radius 3 is 2.35 bits per heavy atom. The Hall–Kier alpha value is -1.12. The van der Waals surface area contributed by atoms with Gasteiger partial charge in [0.15, 0.2) is 0 Å². The van der Waals surface area contributed by atoms with Crippen molar-refractivity contribution in [1.29, 1.82) is 0 Å². The van der Waals surface area contributed by atoms with Gasteiger partial charge in [0.2, 0.25) is 0 Å². The molecule has 0 aliphatic carbocycles. The number of hydrogen-bond donors (Lipinski definition) is 0. The maximum absolute atomic E-state index is 2.30. The van der Waals surface area contributed by atoms with Crippen LogP contribution in [0.3, 0.4) is 0 Å². The number of thiophene rings is 2. The smallest absolute Gasteiger partial charge is 0.0457 e. The molecular weight excluding hydrogens is 244 g/mol. The predicted octanol–water partition coefficient (Wildman–Crippen LogP) is 5.75. The molecule has 0 spiro atoms. The molecule has 0 radical (unpaired) electrons. The summed E-state index contributed by atoms with van der Waals surface area (Å²) in [6.07, 6.45) is 0. The van der Waals surface area contributed by atoms with Crippen molar-refractivity contribution in [3.8, 4) is 10.4 Å². The van der Waals surface area contributed by atoms with Crippen LogP contribution >= 0.6 is 22.7 Å². The second-order valence-electron chi connectivity index (χ2n) is 4.54. The molecule has 2 heterocycles. The lowest BCUT2D eigenvalue weighted by atomic mass is 10.0. The van der Waals surface area contributed by atoms with Crippen LogP contribution in [-0.4, -0.2) is 0 Å². The van der Waals surface area contributed by atoms with E-state index in [1.807, 2.05) is 22.7 Å². The molecule has 3 aromatic rings. The Morgan fingerprint density at radius 2 is 1.71 bits per heavy atom. The van der Waals surface area contributed by atoms with Crippen molar-refractivity contribution in [2.24, 2.45) is 0 Å². The summed E-state index contributed by atoms with van der Waals surface area (Å²) < 4.78 is 2.80.